The Balaban J connectivity index is 6.36. The number of hydrogen-bond acceptors (Lipinski definition) is 6. The van der Waals surface area contributed by atoms with Gasteiger partial charge in [-0.1, -0.05) is 26.0 Å². The van der Waals surface area contributed by atoms with Crippen molar-refractivity contribution in [2.75, 3.05) is 13.2 Å². The normalized spacial score (nSPS) is 16.1. The highest BCUT2D eigenvalue weighted by atomic mass is 16.5. The number of carbonyl (C=O) groups excluding carboxylic acids is 2. The molecule has 6 nitrogen and oxygen atoms in total. The number of carbonyl (C=O) groups is 2. The van der Waals surface area contributed by atoms with Crippen LogP contribution in [0.4, 0.5) is 0 Å². The summed E-state index contributed by atoms with van der Waals surface area (Å²) in [4.78, 5) is 25.5. The van der Waals surface area contributed by atoms with E-state index in [1.165, 1.54) is 0 Å². The molecule has 0 aliphatic rings. The molecular formula is C22H32N2O4. The molecule has 0 aromatic heterocycles. The van der Waals surface area contributed by atoms with Crippen molar-refractivity contribution in [1.29, 1.82) is 10.5 Å². The van der Waals surface area contributed by atoms with Gasteiger partial charge in [-0.3, -0.25) is 0 Å². The zero-order chi connectivity index (χ0) is 21.8. The third-order valence-corrected chi connectivity index (χ3v) is 5.06. The van der Waals surface area contributed by atoms with Crippen LogP contribution in [0.3, 0.4) is 0 Å². The zero-order valence-corrected chi connectivity index (χ0v) is 17.9. The lowest BCUT2D eigenvalue weighted by Gasteiger charge is -2.32. The number of allylic oxidation sites excluding steroid dienone is 2. The van der Waals surface area contributed by atoms with E-state index >= 15 is 0 Å². The first kappa shape index (κ1) is 25.4. The molecule has 0 spiro atoms. The Morgan fingerprint density at radius 1 is 0.786 bits per heavy atom. The molecule has 0 aromatic carbocycles. The van der Waals surface area contributed by atoms with E-state index in [9.17, 15) is 20.1 Å². The summed E-state index contributed by atoms with van der Waals surface area (Å²) < 4.78 is 10.4. The van der Waals surface area contributed by atoms with Crippen LogP contribution in [0.2, 0.25) is 0 Å². The third-order valence-electron chi connectivity index (χ3n) is 5.06. The molecule has 2 unspecified atom stereocenters. The molecule has 0 amide bonds. The molecule has 0 heterocycles. The standard InChI is InChI=1S/C22H32N2O4/c1-7-17(8-2)21(15-23,19(25)27-11-5)13-14-22(16-24,18(9-3)10-4)20(26)28-12-6/h7,9H,8,10-14H2,1-6H3/b17-7+,18-9+. The van der Waals surface area contributed by atoms with Gasteiger partial charge >= 0.3 is 11.9 Å². The highest BCUT2D eigenvalue weighted by Gasteiger charge is 2.49. The van der Waals surface area contributed by atoms with Gasteiger partial charge in [-0.05, 0) is 64.5 Å². The minimum Gasteiger partial charge on any atom is -0.465 e. The van der Waals surface area contributed by atoms with Crippen LogP contribution in [0, 0.1) is 33.5 Å². The molecule has 0 rings (SSSR count). The van der Waals surface area contributed by atoms with Gasteiger partial charge in [-0.25, -0.2) is 9.59 Å². The van der Waals surface area contributed by atoms with Crippen molar-refractivity contribution in [2.45, 2.75) is 67.2 Å². The van der Waals surface area contributed by atoms with Gasteiger partial charge < -0.3 is 9.47 Å². The van der Waals surface area contributed by atoms with Gasteiger partial charge in [0.15, 0.2) is 10.8 Å². The summed E-state index contributed by atoms with van der Waals surface area (Å²) >= 11 is 0. The quantitative estimate of drug-likeness (QED) is 0.378. The Morgan fingerprint density at radius 3 is 1.29 bits per heavy atom. The van der Waals surface area contributed by atoms with Crippen LogP contribution in [0.5, 0.6) is 0 Å². The van der Waals surface area contributed by atoms with E-state index < -0.39 is 22.8 Å². The molecule has 0 aliphatic carbocycles. The van der Waals surface area contributed by atoms with Crippen molar-refractivity contribution in [2.24, 2.45) is 10.8 Å². The van der Waals surface area contributed by atoms with Crippen LogP contribution in [0.15, 0.2) is 23.3 Å². The minimum absolute atomic E-state index is 0.0143. The number of ether oxygens (including phenoxy) is 2. The predicted octanol–water partition coefficient (Wildman–Crippen LogP) is 4.63. The number of nitriles is 2. The largest absolute Gasteiger partial charge is 0.465 e. The number of nitrogens with zero attached hydrogens (tertiary/aromatic N) is 2. The summed E-state index contributed by atoms with van der Waals surface area (Å²) in [6.45, 7) is 10.9. The first-order valence-corrected chi connectivity index (χ1v) is 9.82. The summed E-state index contributed by atoms with van der Waals surface area (Å²) in [6, 6.07) is 4.24. The van der Waals surface area contributed by atoms with E-state index in [0.717, 1.165) is 0 Å². The van der Waals surface area contributed by atoms with Crippen LogP contribution in [-0.2, 0) is 19.1 Å². The fourth-order valence-electron chi connectivity index (χ4n) is 3.52. The lowest BCUT2D eigenvalue weighted by atomic mass is 9.68. The van der Waals surface area contributed by atoms with Crippen molar-refractivity contribution in [1.82, 2.24) is 0 Å². The maximum Gasteiger partial charge on any atom is 0.330 e. The topological polar surface area (TPSA) is 100 Å². The highest BCUT2D eigenvalue weighted by Crippen LogP contribution is 2.43. The van der Waals surface area contributed by atoms with E-state index in [0.29, 0.717) is 24.0 Å². The van der Waals surface area contributed by atoms with Crippen molar-refractivity contribution < 1.29 is 19.1 Å². The average molecular weight is 389 g/mol. The Bertz CT molecular complexity index is 636. The Hall–Kier alpha value is -2.60. The predicted molar refractivity (Wildman–Crippen MR) is 107 cm³/mol. The van der Waals surface area contributed by atoms with Gasteiger partial charge in [0.25, 0.3) is 0 Å². The van der Waals surface area contributed by atoms with Crippen molar-refractivity contribution in [3.8, 4) is 12.1 Å². The van der Waals surface area contributed by atoms with Crippen molar-refractivity contribution in [3.63, 3.8) is 0 Å². The summed E-state index contributed by atoms with van der Waals surface area (Å²) in [5.74, 6) is -1.30. The van der Waals surface area contributed by atoms with Crippen molar-refractivity contribution >= 4 is 11.9 Å². The molecular weight excluding hydrogens is 356 g/mol. The second-order valence-corrected chi connectivity index (χ2v) is 6.31. The van der Waals surface area contributed by atoms with E-state index in [2.05, 4.69) is 12.1 Å². The van der Waals surface area contributed by atoms with Crippen LogP contribution in [-0.4, -0.2) is 25.2 Å². The molecule has 0 aliphatic heterocycles. The molecule has 0 aromatic rings. The molecule has 0 bridgehead atoms. The van der Waals surface area contributed by atoms with Gasteiger partial charge in [0.1, 0.15) is 0 Å². The Morgan fingerprint density at radius 2 is 1.11 bits per heavy atom. The molecule has 0 saturated carbocycles. The summed E-state index contributed by atoms with van der Waals surface area (Å²) in [5.41, 5.74) is -1.85. The Labute approximate surface area is 168 Å². The van der Waals surface area contributed by atoms with Gasteiger partial charge in [0, 0.05) is 0 Å². The second kappa shape index (κ2) is 12.0. The number of esters is 2. The highest BCUT2D eigenvalue weighted by molar-refractivity contribution is 5.86. The van der Waals surface area contributed by atoms with Crippen molar-refractivity contribution in [3.05, 3.63) is 23.3 Å². The average Bonchev–Trinajstić information content (AvgIpc) is 2.70. The fraction of sp³-hybridized carbons (Fsp3) is 0.636. The van der Waals surface area contributed by atoms with Crippen LogP contribution in [0.25, 0.3) is 0 Å². The molecule has 2 atom stereocenters. The van der Waals surface area contributed by atoms with Crippen LogP contribution >= 0.6 is 0 Å². The monoisotopic (exact) mass is 388 g/mol. The third kappa shape index (κ3) is 5.01. The minimum atomic E-state index is -1.54. The molecule has 0 radical (unpaired) electrons. The second-order valence-electron chi connectivity index (χ2n) is 6.31. The first-order valence-electron chi connectivity index (χ1n) is 9.82. The maximum absolute atomic E-state index is 12.8. The molecule has 28 heavy (non-hydrogen) atoms. The molecule has 0 saturated heterocycles. The fourth-order valence-corrected chi connectivity index (χ4v) is 3.52. The van der Waals surface area contributed by atoms with Gasteiger partial charge in [0.05, 0.1) is 25.4 Å². The molecule has 0 N–H and O–H groups in total. The lowest BCUT2D eigenvalue weighted by Crippen LogP contribution is -2.39. The van der Waals surface area contributed by atoms with E-state index in [-0.39, 0.29) is 26.1 Å². The smallest absolute Gasteiger partial charge is 0.330 e. The van der Waals surface area contributed by atoms with E-state index in [4.69, 9.17) is 9.47 Å². The number of rotatable bonds is 11. The molecule has 6 heteroatoms. The SMILES string of the molecule is C/C=C(\CC)C(C#N)(CCC(C#N)(C(=O)OCC)/C(=C/C)CC)C(=O)OCC. The first-order chi connectivity index (χ1) is 13.3. The van der Waals surface area contributed by atoms with E-state index in [1.54, 1.807) is 39.8 Å². The Kier molecular flexibility index (Phi) is 10.9. The van der Waals surface area contributed by atoms with Gasteiger partial charge in [-0.15, -0.1) is 0 Å². The van der Waals surface area contributed by atoms with Gasteiger partial charge in [0.2, 0.25) is 0 Å². The zero-order valence-electron chi connectivity index (χ0n) is 17.9. The maximum atomic E-state index is 12.8. The summed E-state index contributed by atoms with van der Waals surface area (Å²) in [7, 11) is 0. The lowest BCUT2D eigenvalue weighted by molar-refractivity contribution is -0.154. The number of hydrogen-bond donors (Lipinski definition) is 0. The summed E-state index contributed by atoms with van der Waals surface area (Å²) in [6.07, 6.45) is 4.39. The summed E-state index contributed by atoms with van der Waals surface area (Å²) in [5, 5.41) is 19.9. The van der Waals surface area contributed by atoms with E-state index in [1.807, 2.05) is 13.8 Å². The molecule has 154 valence electrons. The molecule has 0 fully saturated rings. The van der Waals surface area contributed by atoms with Gasteiger partial charge in [-0.2, -0.15) is 10.5 Å². The van der Waals surface area contributed by atoms with Crippen LogP contribution in [0.1, 0.15) is 67.2 Å². The van der Waals surface area contributed by atoms with Crippen LogP contribution < -0.4 is 0 Å².